The number of rotatable bonds is 8. The number of nitrogens with zero attached hydrogens (tertiary/aromatic N) is 1. The first-order valence-electron chi connectivity index (χ1n) is 12.4. The van der Waals surface area contributed by atoms with Gasteiger partial charge in [-0.2, -0.15) is 0 Å². The number of aromatic nitrogens is 1. The van der Waals surface area contributed by atoms with Gasteiger partial charge in [0.15, 0.2) is 5.43 Å². The molecule has 5 N–H and O–H groups in total. The Labute approximate surface area is 220 Å². The maximum absolute atomic E-state index is 13.0. The van der Waals surface area contributed by atoms with Crippen LogP contribution >= 0.6 is 0 Å². The van der Waals surface area contributed by atoms with Crippen molar-refractivity contribution in [3.8, 4) is 11.5 Å². The molecule has 3 aromatic rings. The highest BCUT2D eigenvalue weighted by atomic mass is 16.6. The van der Waals surface area contributed by atoms with Gasteiger partial charge in [-0.05, 0) is 58.5 Å². The monoisotopic (exact) mass is 523 g/mol. The third-order valence-corrected chi connectivity index (χ3v) is 6.76. The molecule has 0 fully saturated rings. The van der Waals surface area contributed by atoms with Gasteiger partial charge >= 0.3 is 5.97 Å². The predicted octanol–water partition coefficient (Wildman–Crippen LogP) is 2.74. The van der Waals surface area contributed by atoms with Crippen LogP contribution in [-0.4, -0.2) is 46.5 Å². The molecule has 0 amide bonds. The summed E-state index contributed by atoms with van der Waals surface area (Å²) in [6, 6.07) is 4.62. The van der Waals surface area contributed by atoms with Gasteiger partial charge in [0, 0.05) is 41.8 Å². The van der Waals surface area contributed by atoms with E-state index in [-0.39, 0.29) is 35.3 Å². The van der Waals surface area contributed by atoms with Crippen LogP contribution in [0.2, 0.25) is 0 Å². The zero-order valence-electron chi connectivity index (χ0n) is 22.0. The molecule has 1 atom stereocenters. The fraction of sp³-hybridized carbons (Fsp3) is 0.393. The molecule has 0 aliphatic carbocycles. The van der Waals surface area contributed by atoms with Gasteiger partial charge in [0.1, 0.15) is 52.4 Å². The summed E-state index contributed by atoms with van der Waals surface area (Å²) in [6.07, 6.45) is 3.41. The highest BCUT2D eigenvalue weighted by Crippen LogP contribution is 2.46. The first-order chi connectivity index (χ1) is 18.1. The van der Waals surface area contributed by atoms with Crippen molar-refractivity contribution < 1.29 is 28.9 Å². The number of phenols is 1. The second-order valence-corrected chi connectivity index (χ2v) is 9.81. The number of nitrogens with two attached hydrogens (primary N) is 1. The van der Waals surface area contributed by atoms with Gasteiger partial charge in [0.25, 0.3) is 0 Å². The molecule has 1 aliphatic rings. The second-order valence-electron chi connectivity index (χ2n) is 9.81. The van der Waals surface area contributed by atoms with Crippen molar-refractivity contribution >= 4 is 22.8 Å². The van der Waals surface area contributed by atoms with Gasteiger partial charge in [-0.25, -0.2) is 9.78 Å². The van der Waals surface area contributed by atoms with Crippen molar-refractivity contribution in [3.63, 3.8) is 0 Å². The highest BCUT2D eigenvalue weighted by molar-refractivity contribution is 5.91. The Morgan fingerprint density at radius 3 is 2.79 bits per heavy atom. The number of carbonyl (C=O) groups excluding carboxylic acids is 1. The van der Waals surface area contributed by atoms with Crippen LogP contribution in [-0.2, 0) is 29.0 Å². The number of pyridine rings is 1. The minimum Gasteiger partial charge on any atom is -0.507 e. The molecule has 1 aliphatic heterocycles. The molecule has 0 spiro atoms. The van der Waals surface area contributed by atoms with Crippen molar-refractivity contribution in [2.75, 3.05) is 19.3 Å². The number of aliphatic hydroxyl groups is 1. The van der Waals surface area contributed by atoms with E-state index in [9.17, 15) is 19.8 Å². The zero-order valence-corrected chi connectivity index (χ0v) is 22.0. The fourth-order valence-electron chi connectivity index (χ4n) is 4.65. The van der Waals surface area contributed by atoms with E-state index in [1.165, 1.54) is 0 Å². The van der Waals surface area contributed by atoms with Gasteiger partial charge in [-0.3, -0.25) is 4.79 Å². The Balaban J connectivity index is 1.85. The Morgan fingerprint density at radius 2 is 2.13 bits per heavy atom. The van der Waals surface area contributed by atoms with Crippen LogP contribution in [0.15, 0.2) is 45.3 Å². The normalized spacial score (nSPS) is 16.7. The van der Waals surface area contributed by atoms with Crippen LogP contribution in [0.25, 0.3) is 11.0 Å². The molecule has 202 valence electrons. The van der Waals surface area contributed by atoms with E-state index < -0.39 is 29.7 Å². The molecule has 38 heavy (non-hydrogen) atoms. The van der Waals surface area contributed by atoms with Crippen molar-refractivity contribution in [1.82, 2.24) is 10.3 Å². The smallest absolute Gasteiger partial charge is 0.334 e. The first-order valence-corrected chi connectivity index (χ1v) is 12.4. The fourth-order valence-corrected chi connectivity index (χ4v) is 4.65. The van der Waals surface area contributed by atoms with E-state index in [1.54, 1.807) is 52.2 Å². The molecule has 1 aromatic carbocycles. The number of nitrogen functional groups attached to an aromatic ring is 1. The van der Waals surface area contributed by atoms with Gasteiger partial charge in [0.05, 0.1) is 0 Å². The molecule has 0 radical (unpaired) electrons. The number of fused-ring (bicyclic) bond motifs is 2. The summed E-state index contributed by atoms with van der Waals surface area (Å²) in [5.41, 5.74) is 6.66. The highest BCUT2D eigenvalue weighted by Gasteiger charge is 2.43. The zero-order chi connectivity index (χ0) is 27.6. The Bertz CT molecular complexity index is 1460. The molecular weight excluding hydrogens is 490 g/mol. The summed E-state index contributed by atoms with van der Waals surface area (Å²) < 4.78 is 18.2. The summed E-state index contributed by atoms with van der Waals surface area (Å²) in [6.45, 7) is 5.50. The van der Waals surface area contributed by atoms with Crippen LogP contribution in [0.1, 0.15) is 49.6 Å². The number of aliphatic hydroxyl groups excluding tert-OH is 1. The van der Waals surface area contributed by atoms with Crippen molar-refractivity contribution in [2.45, 2.75) is 58.3 Å². The molecule has 0 bridgehead atoms. The number of allylic oxidation sites excluding steroid dienone is 1. The van der Waals surface area contributed by atoms with Gasteiger partial charge in [0.2, 0.25) is 0 Å². The van der Waals surface area contributed by atoms with Gasteiger partial charge < -0.3 is 35.2 Å². The predicted molar refractivity (Wildman–Crippen MR) is 142 cm³/mol. The number of hydrogen-bond donors (Lipinski definition) is 4. The number of hydrogen-bond acceptors (Lipinski definition) is 10. The molecule has 10 heteroatoms. The van der Waals surface area contributed by atoms with Crippen molar-refractivity contribution in [2.24, 2.45) is 0 Å². The summed E-state index contributed by atoms with van der Waals surface area (Å²) in [4.78, 5) is 30.0. The Morgan fingerprint density at radius 1 is 1.37 bits per heavy atom. The number of esters is 1. The summed E-state index contributed by atoms with van der Waals surface area (Å²) in [5.74, 6) is -0.0535. The van der Waals surface area contributed by atoms with E-state index in [4.69, 9.17) is 19.6 Å². The molecular formula is C28H33N3O7. The van der Waals surface area contributed by atoms with Gasteiger partial charge in [-0.15, -0.1) is 0 Å². The lowest BCUT2D eigenvalue weighted by Crippen LogP contribution is -2.49. The lowest BCUT2D eigenvalue weighted by atomic mass is 9.86. The largest absolute Gasteiger partial charge is 0.507 e. The quantitative estimate of drug-likeness (QED) is 0.256. The second kappa shape index (κ2) is 10.8. The van der Waals surface area contributed by atoms with Crippen LogP contribution in [0, 0.1) is 0 Å². The van der Waals surface area contributed by atoms with E-state index in [1.807, 2.05) is 0 Å². The van der Waals surface area contributed by atoms with Crippen LogP contribution in [0.4, 0.5) is 5.82 Å². The average Bonchev–Trinajstić information content (AvgIpc) is 2.87. The van der Waals surface area contributed by atoms with Crippen LogP contribution in [0.3, 0.4) is 0 Å². The lowest BCUT2D eigenvalue weighted by Gasteiger charge is -2.40. The van der Waals surface area contributed by atoms with Crippen LogP contribution < -0.4 is 21.2 Å². The standard InChI is InChI=1S/C28H33N3O7/c1-5-16(7-8-30-4)27(35)37-21-13-18-24(34)23-20(33)12-17(14-32)36-26(23)19(25(18)38-28(21,2)3)10-15-6-9-31-22(29)11-15/h5-6,9,11-12,21,30,32,34H,7-8,10,13-14H2,1-4H3,(H2,29,31)/b16-5-/t21-/m1/s1. The number of ether oxygens (including phenoxy) is 2. The SMILES string of the molecule is C/C=C(/CCNC)C(=O)O[C@@H]1Cc2c(c(Cc3ccnc(N)c3)c3oc(CO)cc(=O)c3c2O)OC1(C)C. The Kier molecular flexibility index (Phi) is 7.75. The maximum Gasteiger partial charge on any atom is 0.334 e. The van der Waals surface area contributed by atoms with Crippen molar-refractivity contribution in [3.05, 3.63) is 68.7 Å². The maximum atomic E-state index is 13.0. The van der Waals surface area contributed by atoms with E-state index in [2.05, 4.69) is 10.3 Å². The number of benzene rings is 1. The molecule has 0 saturated carbocycles. The molecule has 10 nitrogen and oxygen atoms in total. The van der Waals surface area contributed by atoms with E-state index in [0.717, 1.165) is 11.6 Å². The summed E-state index contributed by atoms with van der Waals surface area (Å²) in [5, 5.41) is 23.9. The number of anilines is 1. The number of nitrogens with one attached hydrogen (secondary N) is 1. The third-order valence-electron chi connectivity index (χ3n) is 6.76. The summed E-state index contributed by atoms with van der Waals surface area (Å²) in [7, 11) is 1.80. The minimum absolute atomic E-state index is 0.0328. The van der Waals surface area contributed by atoms with Crippen molar-refractivity contribution in [1.29, 1.82) is 0 Å². The third kappa shape index (κ3) is 5.23. The molecule has 2 aromatic heterocycles. The van der Waals surface area contributed by atoms with Gasteiger partial charge in [-0.1, -0.05) is 6.08 Å². The first kappa shape index (κ1) is 27.2. The molecule has 0 saturated heterocycles. The molecule has 0 unspecified atom stereocenters. The van der Waals surface area contributed by atoms with Crippen LogP contribution in [0.5, 0.6) is 11.5 Å². The average molecular weight is 524 g/mol. The molecule has 4 rings (SSSR count). The molecule has 3 heterocycles. The number of phenolic OH excluding ortho intramolecular Hbond substituents is 1. The number of carbonyl (C=O) groups is 1. The van der Waals surface area contributed by atoms with E-state index >= 15 is 0 Å². The summed E-state index contributed by atoms with van der Waals surface area (Å²) >= 11 is 0. The lowest BCUT2D eigenvalue weighted by molar-refractivity contribution is -0.156. The Hall–Kier alpha value is -3.89. The topological polar surface area (TPSA) is 157 Å². The van der Waals surface area contributed by atoms with E-state index in [0.29, 0.717) is 41.2 Å². The minimum atomic E-state index is -0.981. The number of aromatic hydroxyl groups is 1.